The van der Waals surface area contributed by atoms with Gasteiger partial charge >= 0.3 is 0 Å². The lowest BCUT2D eigenvalue weighted by Gasteiger charge is -2.26. The molecule has 0 N–H and O–H groups in total. The fourth-order valence-corrected chi connectivity index (χ4v) is 2.59. The Balaban J connectivity index is 2.23. The molecule has 122 valence electrons. The lowest BCUT2D eigenvalue weighted by atomic mass is 10.0. The molecule has 2 rings (SSSR count). The Hall–Kier alpha value is -1.42. The van der Waals surface area contributed by atoms with Gasteiger partial charge in [0.2, 0.25) is 0 Å². The molecule has 0 fully saturated rings. The van der Waals surface area contributed by atoms with Gasteiger partial charge in [0, 0.05) is 11.1 Å². The summed E-state index contributed by atoms with van der Waals surface area (Å²) in [6.45, 7) is -0.489. The molecule has 0 radical (unpaired) electrons. The Morgan fingerprint density at radius 2 is 1.68 bits per heavy atom. The maximum Gasteiger partial charge on any atom is 0.264 e. The zero-order chi connectivity index (χ0) is 16.4. The molecule has 7 nitrogen and oxygen atoms in total. The third kappa shape index (κ3) is 5.09. The van der Waals surface area contributed by atoms with Crippen LogP contribution in [0, 0.1) is 0 Å². The van der Waals surface area contributed by atoms with E-state index in [1.165, 1.54) is 0 Å². The summed E-state index contributed by atoms with van der Waals surface area (Å²) >= 11 is 0. The summed E-state index contributed by atoms with van der Waals surface area (Å²) in [5, 5.41) is 0. The van der Waals surface area contributed by atoms with Crippen molar-refractivity contribution in [2.24, 2.45) is 0 Å². The topological polar surface area (TPSA) is 96.0 Å². The van der Waals surface area contributed by atoms with Crippen molar-refractivity contribution in [2.75, 3.05) is 25.7 Å². The second-order valence-electron chi connectivity index (χ2n) is 4.82. The van der Waals surface area contributed by atoms with Crippen LogP contribution >= 0.6 is 0 Å². The summed E-state index contributed by atoms with van der Waals surface area (Å²) in [5.41, 5.74) is 1.23. The molecular weight excluding hydrogens is 332 g/mol. The van der Waals surface area contributed by atoms with E-state index < -0.39 is 26.3 Å². The average molecular weight is 348 g/mol. The SMILES string of the molecule is CS(=O)(=O)OCC1=Cc2ccccc2OC1COS(C)(=O)=O. The highest BCUT2D eigenvalue weighted by Gasteiger charge is 2.25. The Bertz CT molecular complexity index is 778. The van der Waals surface area contributed by atoms with Crippen LogP contribution in [0.5, 0.6) is 5.75 Å². The van der Waals surface area contributed by atoms with Gasteiger partial charge in [0.15, 0.2) is 0 Å². The number of rotatable bonds is 6. The van der Waals surface area contributed by atoms with Crippen molar-refractivity contribution in [1.82, 2.24) is 0 Å². The van der Waals surface area contributed by atoms with Crippen molar-refractivity contribution >= 4 is 26.3 Å². The highest BCUT2D eigenvalue weighted by atomic mass is 32.2. The summed E-state index contributed by atoms with van der Waals surface area (Å²) in [7, 11) is -7.26. The van der Waals surface area contributed by atoms with Crippen LogP contribution in [0.2, 0.25) is 0 Å². The summed E-state index contributed by atoms with van der Waals surface area (Å²) in [6.07, 6.45) is 2.83. The molecule has 0 saturated carbocycles. The van der Waals surface area contributed by atoms with Gasteiger partial charge in [-0.25, -0.2) is 0 Å². The first-order valence-electron chi connectivity index (χ1n) is 6.29. The summed E-state index contributed by atoms with van der Waals surface area (Å²) in [6, 6.07) is 7.11. The normalized spacial score (nSPS) is 18.3. The first-order valence-corrected chi connectivity index (χ1v) is 9.92. The Labute approximate surface area is 129 Å². The largest absolute Gasteiger partial charge is 0.483 e. The van der Waals surface area contributed by atoms with Crippen LogP contribution in [-0.4, -0.2) is 48.7 Å². The molecule has 1 aliphatic heterocycles. The van der Waals surface area contributed by atoms with E-state index in [2.05, 4.69) is 0 Å². The third-order valence-electron chi connectivity index (χ3n) is 2.82. The predicted molar refractivity (Wildman–Crippen MR) is 80.4 cm³/mol. The zero-order valence-corrected chi connectivity index (χ0v) is 13.7. The number of hydrogen-bond acceptors (Lipinski definition) is 7. The minimum Gasteiger partial charge on any atom is -0.483 e. The molecule has 1 heterocycles. The number of para-hydroxylation sites is 1. The molecule has 0 bridgehead atoms. The maximum atomic E-state index is 11.1. The smallest absolute Gasteiger partial charge is 0.264 e. The second kappa shape index (κ2) is 6.37. The summed E-state index contributed by atoms with van der Waals surface area (Å²) < 4.78 is 59.7. The molecule has 0 spiro atoms. The monoisotopic (exact) mass is 348 g/mol. The molecule has 1 aromatic carbocycles. The van der Waals surface area contributed by atoms with Gasteiger partial charge in [-0.15, -0.1) is 0 Å². The molecule has 0 saturated heterocycles. The molecule has 1 atom stereocenters. The van der Waals surface area contributed by atoms with Crippen molar-refractivity contribution in [3.05, 3.63) is 35.4 Å². The second-order valence-corrected chi connectivity index (χ2v) is 8.11. The lowest BCUT2D eigenvalue weighted by molar-refractivity contribution is 0.147. The highest BCUT2D eigenvalue weighted by molar-refractivity contribution is 7.86. The van der Waals surface area contributed by atoms with Gasteiger partial charge in [0.25, 0.3) is 20.2 Å². The van der Waals surface area contributed by atoms with Gasteiger partial charge in [0.1, 0.15) is 18.5 Å². The van der Waals surface area contributed by atoms with Gasteiger partial charge in [-0.1, -0.05) is 18.2 Å². The first kappa shape index (κ1) is 16.9. The van der Waals surface area contributed by atoms with E-state index in [1.54, 1.807) is 30.3 Å². The van der Waals surface area contributed by atoms with E-state index in [4.69, 9.17) is 13.1 Å². The standard InChI is InChI=1S/C13H16O7S2/c1-21(14,15)18-8-11-7-10-5-3-4-6-12(10)20-13(11)9-19-22(2,16)17/h3-7,13H,8-9H2,1-2H3. The quantitative estimate of drug-likeness (QED) is 0.701. The molecule has 9 heteroatoms. The molecule has 0 aromatic heterocycles. The Morgan fingerprint density at radius 1 is 1.05 bits per heavy atom. The van der Waals surface area contributed by atoms with Crippen molar-refractivity contribution < 1.29 is 29.9 Å². The molecule has 22 heavy (non-hydrogen) atoms. The van der Waals surface area contributed by atoms with Crippen LogP contribution in [0.15, 0.2) is 29.8 Å². The third-order valence-corrected chi connectivity index (χ3v) is 3.93. The van der Waals surface area contributed by atoms with Gasteiger partial charge in [0.05, 0.1) is 19.1 Å². The fraction of sp³-hybridized carbons (Fsp3) is 0.385. The van der Waals surface area contributed by atoms with E-state index in [0.717, 1.165) is 18.1 Å². The minimum absolute atomic E-state index is 0.231. The average Bonchev–Trinajstić information content (AvgIpc) is 2.40. The number of fused-ring (bicyclic) bond motifs is 1. The van der Waals surface area contributed by atoms with Crippen LogP contribution in [0.3, 0.4) is 0 Å². The molecule has 0 amide bonds. The van der Waals surface area contributed by atoms with E-state index in [-0.39, 0.29) is 13.2 Å². The van der Waals surface area contributed by atoms with Crippen LogP contribution in [0.25, 0.3) is 6.08 Å². The Kier molecular flexibility index (Phi) is 4.90. The van der Waals surface area contributed by atoms with Gasteiger partial charge in [-0.05, 0) is 12.1 Å². The number of benzene rings is 1. The molecule has 1 unspecified atom stereocenters. The van der Waals surface area contributed by atoms with E-state index in [1.807, 2.05) is 0 Å². The van der Waals surface area contributed by atoms with E-state index >= 15 is 0 Å². The van der Waals surface area contributed by atoms with Crippen LogP contribution in [0.4, 0.5) is 0 Å². The first-order chi connectivity index (χ1) is 10.1. The molecular formula is C13H16O7S2. The minimum atomic E-state index is -3.63. The molecule has 0 aliphatic carbocycles. The lowest BCUT2D eigenvalue weighted by Crippen LogP contribution is -2.31. The van der Waals surface area contributed by atoms with Crippen molar-refractivity contribution in [3.8, 4) is 5.75 Å². The van der Waals surface area contributed by atoms with Gasteiger partial charge < -0.3 is 4.74 Å². The van der Waals surface area contributed by atoms with E-state index in [9.17, 15) is 16.8 Å². The van der Waals surface area contributed by atoms with Crippen molar-refractivity contribution in [1.29, 1.82) is 0 Å². The summed E-state index contributed by atoms with van der Waals surface area (Å²) in [5.74, 6) is 0.563. The van der Waals surface area contributed by atoms with Crippen molar-refractivity contribution in [3.63, 3.8) is 0 Å². The number of hydrogen-bond donors (Lipinski definition) is 0. The number of ether oxygens (including phenoxy) is 1. The van der Waals surface area contributed by atoms with Crippen molar-refractivity contribution in [2.45, 2.75) is 6.10 Å². The Morgan fingerprint density at radius 3 is 2.32 bits per heavy atom. The predicted octanol–water partition coefficient (Wildman–Crippen LogP) is 0.783. The highest BCUT2D eigenvalue weighted by Crippen LogP contribution is 2.30. The summed E-state index contributed by atoms with van der Waals surface area (Å²) in [4.78, 5) is 0. The fourth-order valence-electron chi connectivity index (χ4n) is 1.86. The molecule has 1 aliphatic rings. The zero-order valence-electron chi connectivity index (χ0n) is 12.1. The van der Waals surface area contributed by atoms with Crippen LogP contribution in [0.1, 0.15) is 5.56 Å². The van der Waals surface area contributed by atoms with Crippen LogP contribution in [-0.2, 0) is 28.6 Å². The molecule has 1 aromatic rings. The van der Waals surface area contributed by atoms with E-state index in [0.29, 0.717) is 11.3 Å². The van der Waals surface area contributed by atoms with Gasteiger partial charge in [-0.2, -0.15) is 16.8 Å². The van der Waals surface area contributed by atoms with Gasteiger partial charge in [-0.3, -0.25) is 8.37 Å². The maximum absolute atomic E-state index is 11.1. The van der Waals surface area contributed by atoms with Crippen LogP contribution < -0.4 is 4.74 Å².